The fraction of sp³-hybridized carbons (Fsp3) is 0.500. The number of halogens is 6. The molecule has 0 saturated carbocycles. The highest BCUT2D eigenvalue weighted by molar-refractivity contribution is 7.91. The lowest BCUT2D eigenvalue weighted by Gasteiger charge is -2.35. The number of nitrogens with one attached hydrogen (secondary N) is 6. The first-order valence-electron chi connectivity index (χ1n) is 38.8. The number of ketones is 1. The van der Waals surface area contributed by atoms with Gasteiger partial charge in [0.25, 0.3) is 0 Å². The van der Waals surface area contributed by atoms with E-state index in [9.17, 15) is 58.8 Å². The molecule has 38 heteroatoms. The van der Waals surface area contributed by atoms with E-state index < -0.39 is 67.1 Å². The molecular weight excluding hydrogens is 1730 g/mol. The van der Waals surface area contributed by atoms with Crippen molar-refractivity contribution in [2.75, 3.05) is 158 Å². The monoisotopic (exact) mass is 1830 g/mol. The van der Waals surface area contributed by atoms with Crippen LogP contribution < -0.4 is 30.7 Å². The number of rotatable bonds is 49. The summed E-state index contributed by atoms with van der Waals surface area (Å²) in [6.45, 7) is 4.98. The van der Waals surface area contributed by atoms with Crippen molar-refractivity contribution in [3.8, 4) is 0 Å². The number of hydrogen-bond acceptors (Lipinski definition) is 20. The van der Waals surface area contributed by atoms with Crippen molar-refractivity contribution in [2.24, 2.45) is 0 Å². The van der Waals surface area contributed by atoms with Crippen LogP contribution in [0.25, 0.3) is 0 Å². The summed E-state index contributed by atoms with van der Waals surface area (Å²) < 4.78 is 132. The zero-order chi connectivity index (χ0) is 85.2. The standard InChI is InChI=1S/C80H104Cl6N9O19PS3/c1-93-48-68(65-42-58(81)45-74(84)71(65)51-93)55-9-4-13-62(39-55)116(103,104)38-8-27-110-33-34-111-28-22-87-77(97)17-20-80(92-79(99)89-54-115(100,101)102,19-16-61(96)12-7-26-109-32-35-113-30-24-90-117(105,106)63-14-5-10-56(40-63)69-49-94(2)52-72-66(69)43-59(82)46-75(72)85)21-18-78(98)88-23-29-112-36-37-114-31-25-91-118(107,108)64-15-6-11-57(41-64)70-50-95(3)53-73-67(70)44-60(83)47-76(73)86/h4-6,9-11,13-15,39-47,68-70,90-91H,7-8,12,16-38,48-54H2,1-3H3,(H,87,97)(H,88,98)(H2,89,92,99)(H2,100,101,102)/t68-,69-,70-,80?/m0/s1. The zero-order valence-corrected chi connectivity index (χ0v) is 74.0. The van der Waals surface area contributed by atoms with Gasteiger partial charge in [0, 0.05) is 158 Å². The normalized spacial score (nSPS) is 16.7. The van der Waals surface area contributed by atoms with Gasteiger partial charge in [-0.2, -0.15) is 0 Å². The van der Waals surface area contributed by atoms with Crippen molar-refractivity contribution in [1.82, 2.24) is 45.4 Å². The topological polar surface area (TPSA) is 366 Å². The molecule has 9 rings (SSSR count). The predicted octanol–water partition coefficient (Wildman–Crippen LogP) is 10.7. The van der Waals surface area contributed by atoms with Crippen molar-refractivity contribution < 1.29 is 87.2 Å². The smallest absolute Gasteiger partial charge is 0.344 e. The molecule has 118 heavy (non-hydrogen) atoms. The summed E-state index contributed by atoms with van der Waals surface area (Å²) in [6, 6.07) is 30.1. The maximum absolute atomic E-state index is 13.6. The van der Waals surface area contributed by atoms with Gasteiger partial charge in [-0.3, -0.25) is 18.9 Å². The average molecular weight is 1840 g/mol. The molecule has 0 saturated heterocycles. The highest BCUT2D eigenvalue weighted by Crippen LogP contribution is 2.43. The van der Waals surface area contributed by atoms with Crippen LogP contribution >= 0.6 is 77.2 Å². The van der Waals surface area contributed by atoms with Gasteiger partial charge in [0.2, 0.25) is 31.9 Å². The number of amides is 4. The minimum Gasteiger partial charge on any atom is -0.379 e. The molecule has 0 aromatic heterocycles. The van der Waals surface area contributed by atoms with E-state index in [4.69, 9.17) is 98.0 Å². The highest BCUT2D eigenvalue weighted by atomic mass is 35.5. The molecule has 0 aliphatic carbocycles. The van der Waals surface area contributed by atoms with E-state index in [1.165, 1.54) is 12.1 Å². The van der Waals surface area contributed by atoms with Crippen LogP contribution in [0.1, 0.15) is 126 Å². The Balaban J connectivity index is 0.710. The molecule has 1 unspecified atom stereocenters. The Morgan fingerprint density at radius 3 is 1.20 bits per heavy atom. The zero-order valence-electron chi connectivity index (χ0n) is 66.1. The highest BCUT2D eigenvalue weighted by Gasteiger charge is 2.36. The SMILES string of the molecule is CN1Cc2c(Cl)cc(Cl)cc2[C@H](c2cccc(S(=O)(=O)CCCOCCOCCNC(=O)CCC(CCC(=O)CCCOCCOCCNS(=O)(=O)c3cccc([C@@H]4CN(C)Cc5c(Cl)cc(Cl)cc54)c3)(CCC(=O)NCCOCCOCCNS(=O)(=O)c3cccc([C@@H]4CN(C)Cc5c(Cl)cc(Cl)cc54)c3)NC(=O)NCP(=O)(O)O)c2)C1. The fourth-order valence-electron chi connectivity index (χ4n) is 14.5. The first-order valence-corrected chi connectivity index (χ1v) is 47.5. The lowest BCUT2D eigenvalue weighted by molar-refractivity contribution is -0.121. The Bertz CT molecular complexity index is 4390. The van der Waals surface area contributed by atoms with Crippen molar-refractivity contribution in [1.29, 1.82) is 0 Å². The number of Topliss-reactive ketones (excluding diaryl/α,β-unsaturated/α-hetero) is 1. The van der Waals surface area contributed by atoms with Crippen LogP contribution in [0.3, 0.4) is 0 Å². The molecule has 648 valence electrons. The van der Waals surface area contributed by atoms with Crippen LogP contribution in [0.4, 0.5) is 4.79 Å². The van der Waals surface area contributed by atoms with Gasteiger partial charge in [-0.25, -0.2) is 39.5 Å². The van der Waals surface area contributed by atoms with Crippen molar-refractivity contribution in [2.45, 2.75) is 115 Å². The summed E-state index contributed by atoms with van der Waals surface area (Å²) in [7, 11) is -10.4. The average Bonchev–Trinajstić information content (AvgIpc) is 0.780. The van der Waals surface area contributed by atoms with Crippen molar-refractivity contribution in [3.05, 3.63) is 189 Å². The number of ether oxygens (including phenoxy) is 6. The molecular formula is C80H104Cl6N9O19PS3. The second kappa shape index (κ2) is 46.3. The molecule has 0 radical (unpaired) electrons. The third-order valence-corrected chi connectivity index (χ3v) is 27.3. The number of sulfonamides is 2. The van der Waals surface area contributed by atoms with Crippen LogP contribution in [-0.2, 0) is 96.9 Å². The predicted molar refractivity (Wildman–Crippen MR) is 454 cm³/mol. The second-order valence-corrected chi connectivity index (χ2v) is 39.4. The van der Waals surface area contributed by atoms with Gasteiger partial charge in [-0.15, -0.1) is 0 Å². The Morgan fingerprint density at radius 2 is 0.805 bits per heavy atom. The van der Waals surface area contributed by atoms with Gasteiger partial charge in [-0.1, -0.05) is 106 Å². The molecule has 3 heterocycles. The number of carbonyl (C=O) groups excluding carboxylic acids is 4. The minimum atomic E-state index is -4.77. The number of fused-ring (bicyclic) bond motifs is 3. The summed E-state index contributed by atoms with van der Waals surface area (Å²) in [4.78, 5) is 80.3. The Hall–Kier alpha value is -5.50. The van der Waals surface area contributed by atoms with Gasteiger partial charge in [0.1, 0.15) is 12.1 Å². The lowest BCUT2D eigenvalue weighted by atomic mass is 9.82. The van der Waals surface area contributed by atoms with Gasteiger partial charge in [0.15, 0.2) is 9.84 Å². The van der Waals surface area contributed by atoms with E-state index in [0.717, 1.165) is 50.1 Å². The van der Waals surface area contributed by atoms with Crippen LogP contribution in [0.5, 0.6) is 0 Å². The van der Waals surface area contributed by atoms with Gasteiger partial charge < -0.3 is 74.2 Å². The second-order valence-electron chi connectivity index (χ2n) is 29.6. The number of likely N-dealkylation sites (N-methyl/N-ethyl adjacent to an activating group) is 3. The molecule has 0 fully saturated rings. The number of urea groups is 1. The third kappa shape index (κ3) is 30.2. The van der Waals surface area contributed by atoms with Crippen molar-refractivity contribution in [3.63, 3.8) is 0 Å². The molecule has 6 aromatic carbocycles. The number of sulfone groups is 1. The number of carbonyl (C=O) groups is 4. The molecule has 4 atom stereocenters. The summed E-state index contributed by atoms with van der Waals surface area (Å²) in [5, 5.41) is 13.6. The fourth-order valence-corrected chi connectivity index (χ4v) is 20.0. The van der Waals surface area contributed by atoms with Crippen LogP contribution in [0.15, 0.2) is 124 Å². The van der Waals surface area contributed by atoms with Gasteiger partial charge in [0.05, 0.1) is 86.5 Å². The Morgan fingerprint density at radius 1 is 0.449 bits per heavy atom. The van der Waals surface area contributed by atoms with Gasteiger partial charge in [-0.05, 0) is 176 Å². The minimum absolute atomic E-state index is 0.0237. The molecule has 3 aliphatic heterocycles. The molecule has 8 N–H and O–H groups in total. The third-order valence-electron chi connectivity index (χ3n) is 20.4. The van der Waals surface area contributed by atoms with E-state index in [1.54, 1.807) is 60.7 Å². The summed E-state index contributed by atoms with van der Waals surface area (Å²) >= 11 is 38.9. The maximum atomic E-state index is 13.6. The maximum Gasteiger partial charge on any atom is 0.344 e. The Labute approximate surface area is 721 Å². The number of benzene rings is 6. The molecule has 28 nitrogen and oxygen atoms in total. The Kier molecular flexibility index (Phi) is 37.8. The summed E-state index contributed by atoms with van der Waals surface area (Å²) in [5.74, 6) is -1.87. The van der Waals surface area contributed by atoms with Crippen LogP contribution in [0, 0.1) is 0 Å². The van der Waals surface area contributed by atoms with Gasteiger partial charge >= 0.3 is 13.6 Å². The largest absolute Gasteiger partial charge is 0.379 e. The number of hydrogen-bond donors (Lipinski definition) is 8. The lowest BCUT2D eigenvalue weighted by Crippen LogP contribution is -2.53. The molecule has 0 bridgehead atoms. The summed E-state index contributed by atoms with van der Waals surface area (Å²) in [5.41, 5.74) is 6.62. The first kappa shape index (κ1) is 96.3. The molecule has 6 aromatic rings. The molecule has 0 spiro atoms. The first-order chi connectivity index (χ1) is 56.2. The summed E-state index contributed by atoms with van der Waals surface area (Å²) in [6.07, 6.45) is -1.52. The van der Waals surface area contributed by atoms with E-state index in [1.807, 2.05) is 57.5 Å². The van der Waals surface area contributed by atoms with E-state index in [2.05, 4.69) is 45.4 Å². The van der Waals surface area contributed by atoms with E-state index >= 15 is 0 Å². The van der Waals surface area contributed by atoms with Crippen molar-refractivity contribution >= 4 is 131 Å². The number of nitrogens with zero attached hydrogens (tertiary/aromatic N) is 3. The van der Waals surface area contributed by atoms with E-state index in [-0.39, 0.29) is 207 Å². The van der Waals surface area contributed by atoms with Crippen LogP contribution in [-0.4, -0.2) is 237 Å². The molecule has 4 amide bonds. The quantitative estimate of drug-likeness (QED) is 0.0130. The van der Waals surface area contributed by atoms with Crippen LogP contribution in [0.2, 0.25) is 30.1 Å². The molecule has 3 aliphatic rings. The van der Waals surface area contributed by atoms with E-state index in [0.29, 0.717) is 69.4 Å².